The third kappa shape index (κ3) is 2.88. The van der Waals surface area contributed by atoms with E-state index < -0.39 is 16.4 Å². The lowest BCUT2D eigenvalue weighted by Crippen LogP contribution is -1.99. The number of benzene rings is 2. The van der Waals surface area contributed by atoms with Crippen molar-refractivity contribution in [2.75, 3.05) is 12.4 Å². The minimum Gasteiger partial charge on any atom is -0.496 e. The van der Waals surface area contributed by atoms with Crippen molar-refractivity contribution >= 4 is 33.0 Å². The zero-order chi connectivity index (χ0) is 14.7. The minimum atomic E-state index is -0.882. The minimum absolute atomic E-state index is 0.0899. The summed E-state index contributed by atoms with van der Waals surface area (Å²) in [6.07, 6.45) is 0. The van der Waals surface area contributed by atoms with Crippen molar-refractivity contribution < 1.29 is 14.1 Å². The van der Waals surface area contributed by atoms with Gasteiger partial charge >= 0.3 is 5.69 Å². The standard InChI is InChI=1S/C13H10BrFN2O3/c1-20-12-6-5-8(7-9(12)14)16-11-4-2-3-10(15)13(11)17(18)19/h2-7,16H,1H3. The Kier molecular flexibility index (Phi) is 4.19. The largest absolute Gasteiger partial charge is 0.496 e. The first-order valence-corrected chi connectivity index (χ1v) is 6.35. The first-order chi connectivity index (χ1) is 9.52. The molecule has 0 unspecified atom stereocenters. The van der Waals surface area contributed by atoms with Crippen molar-refractivity contribution in [3.8, 4) is 5.75 Å². The van der Waals surface area contributed by atoms with E-state index in [1.807, 2.05) is 0 Å². The van der Waals surface area contributed by atoms with Gasteiger partial charge in [-0.15, -0.1) is 0 Å². The topological polar surface area (TPSA) is 64.4 Å². The Morgan fingerprint density at radius 3 is 2.70 bits per heavy atom. The van der Waals surface area contributed by atoms with Crippen LogP contribution in [0.1, 0.15) is 0 Å². The molecule has 0 amide bonds. The maximum atomic E-state index is 13.5. The van der Waals surface area contributed by atoms with E-state index in [9.17, 15) is 14.5 Å². The highest BCUT2D eigenvalue weighted by Crippen LogP contribution is 2.33. The lowest BCUT2D eigenvalue weighted by molar-refractivity contribution is -0.386. The van der Waals surface area contributed by atoms with Crippen LogP contribution < -0.4 is 10.1 Å². The van der Waals surface area contributed by atoms with Crippen LogP contribution in [0, 0.1) is 15.9 Å². The highest BCUT2D eigenvalue weighted by molar-refractivity contribution is 9.10. The molecule has 20 heavy (non-hydrogen) atoms. The van der Waals surface area contributed by atoms with Gasteiger partial charge in [-0.3, -0.25) is 10.1 Å². The number of nitro benzene ring substituents is 1. The fraction of sp³-hybridized carbons (Fsp3) is 0.0769. The molecule has 0 saturated carbocycles. The van der Waals surface area contributed by atoms with Gasteiger partial charge in [-0.05, 0) is 46.3 Å². The van der Waals surface area contributed by atoms with E-state index in [0.717, 1.165) is 6.07 Å². The highest BCUT2D eigenvalue weighted by atomic mass is 79.9. The van der Waals surface area contributed by atoms with Gasteiger partial charge in [-0.2, -0.15) is 4.39 Å². The van der Waals surface area contributed by atoms with Gasteiger partial charge in [0, 0.05) is 5.69 Å². The van der Waals surface area contributed by atoms with Gasteiger partial charge in [-0.25, -0.2) is 0 Å². The molecule has 0 bridgehead atoms. The zero-order valence-corrected chi connectivity index (χ0v) is 12.0. The molecule has 0 aliphatic rings. The van der Waals surface area contributed by atoms with Crippen LogP contribution >= 0.6 is 15.9 Å². The summed E-state index contributed by atoms with van der Waals surface area (Å²) in [5.41, 5.74) is 0.0814. The number of para-hydroxylation sites is 1. The Bertz CT molecular complexity index is 664. The van der Waals surface area contributed by atoms with Crippen molar-refractivity contribution in [2.24, 2.45) is 0 Å². The van der Waals surface area contributed by atoms with E-state index in [4.69, 9.17) is 4.74 Å². The van der Waals surface area contributed by atoms with Crippen LogP contribution in [0.3, 0.4) is 0 Å². The van der Waals surface area contributed by atoms with Gasteiger partial charge in [0.1, 0.15) is 11.4 Å². The zero-order valence-electron chi connectivity index (χ0n) is 10.4. The Balaban J connectivity index is 2.38. The molecular weight excluding hydrogens is 331 g/mol. The van der Waals surface area contributed by atoms with Gasteiger partial charge in [0.05, 0.1) is 16.5 Å². The molecule has 1 N–H and O–H groups in total. The summed E-state index contributed by atoms with van der Waals surface area (Å²) in [6.45, 7) is 0. The van der Waals surface area contributed by atoms with E-state index >= 15 is 0 Å². The number of hydrogen-bond acceptors (Lipinski definition) is 4. The van der Waals surface area contributed by atoms with Gasteiger partial charge < -0.3 is 10.1 Å². The lowest BCUT2D eigenvalue weighted by atomic mass is 10.2. The smallest absolute Gasteiger partial charge is 0.327 e. The summed E-state index contributed by atoms with van der Waals surface area (Å²) < 4.78 is 19.3. The molecule has 104 valence electrons. The molecule has 0 radical (unpaired) electrons. The van der Waals surface area contributed by atoms with E-state index in [2.05, 4.69) is 21.2 Å². The molecule has 0 atom stereocenters. The van der Waals surface area contributed by atoms with Crippen LogP contribution in [-0.4, -0.2) is 12.0 Å². The van der Waals surface area contributed by atoms with Gasteiger partial charge in [-0.1, -0.05) is 6.07 Å². The van der Waals surface area contributed by atoms with Crippen LogP contribution in [0.25, 0.3) is 0 Å². The van der Waals surface area contributed by atoms with E-state index in [1.165, 1.54) is 19.2 Å². The van der Waals surface area contributed by atoms with Crippen LogP contribution in [0.2, 0.25) is 0 Å². The maximum Gasteiger partial charge on any atom is 0.327 e. The SMILES string of the molecule is COc1ccc(Nc2cccc(F)c2[N+](=O)[O-])cc1Br. The first-order valence-electron chi connectivity index (χ1n) is 5.56. The van der Waals surface area contributed by atoms with Crippen molar-refractivity contribution in [1.29, 1.82) is 0 Å². The number of anilines is 2. The maximum absolute atomic E-state index is 13.5. The number of methoxy groups -OCH3 is 1. The summed E-state index contributed by atoms with van der Waals surface area (Å²) in [7, 11) is 1.53. The van der Waals surface area contributed by atoms with Crippen molar-refractivity contribution in [3.05, 3.63) is 56.8 Å². The van der Waals surface area contributed by atoms with E-state index in [1.54, 1.807) is 18.2 Å². The second-order valence-electron chi connectivity index (χ2n) is 3.87. The summed E-state index contributed by atoms with van der Waals surface area (Å²) >= 11 is 3.31. The quantitative estimate of drug-likeness (QED) is 0.667. The summed E-state index contributed by atoms with van der Waals surface area (Å²) in [4.78, 5) is 10.1. The average Bonchev–Trinajstić information content (AvgIpc) is 2.38. The third-order valence-corrected chi connectivity index (χ3v) is 3.22. The average molecular weight is 341 g/mol. The molecule has 0 fully saturated rings. The summed E-state index contributed by atoms with van der Waals surface area (Å²) in [5, 5.41) is 13.7. The Hall–Kier alpha value is -2.15. The second kappa shape index (κ2) is 5.87. The molecule has 0 heterocycles. The number of nitrogens with zero attached hydrogens (tertiary/aromatic N) is 1. The number of ether oxygens (including phenoxy) is 1. The predicted octanol–water partition coefficient (Wildman–Crippen LogP) is 4.25. The molecule has 0 spiro atoms. The highest BCUT2D eigenvalue weighted by Gasteiger charge is 2.19. The molecule has 2 aromatic rings. The Labute approximate surface area is 122 Å². The molecule has 0 aliphatic carbocycles. The Morgan fingerprint density at radius 2 is 2.10 bits per heavy atom. The van der Waals surface area contributed by atoms with Gasteiger partial charge in [0.2, 0.25) is 5.82 Å². The molecule has 0 saturated heterocycles. The van der Waals surface area contributed by atoms with Gasteiger partial charge in [0.25, 0.3) is 0 Å². The van der Waals surface area contributed by atoms with Crippen LogP contribution in [0.4, 0.5) is 21.5 Å². The van der Waals surface area contributed by atoms with Crippen molar-refractivity contribution in [1.82, 2.24) is 0 Å². The number of nitrogens with one attached hydrogen (secondary N) is 1. The fourth-order valence-electron chi connectivity index (χ4n) is 1.70. The monoisotopic (exact) mass is 340 g/mol. The molecule has 2 rings (SSSR count). The molecule has 2 aromatic carbocycles. The van der Waals surface area contributed by atoms with Crippen LogP contribution in [0.15, 0.2) is 40.9 Å². The van der Waals surface area contributed by atoms with E-state index in [0.29, 0.717) is 15.9 Å². The second-order valence-corrected chi connectivity index (χ2v) is 4.72. The first kappa shape index (κ1) is 14.3. The number of hydrogen-bond donors (Lipinski definition) is 1. The van der Waals surface area contributed by atoms with Crippen molar-refractivity contribution in [2.45, 2.75) is 0 Å². The van der Waals surface area contributed by atoms with E-state index in [-0.39, 0.29) is 5.69 Å². The summed E-state index contributed by atoms with van der Waals surface area (Å²) in [5.74, 6) is -0.253. The van der Waals surface area contributed by atoms with Gasteiger partial charge in [0.15, 0.2) is 0 Å². The Morgan fingerprint density at radius 1 is 1.35 bits per heavy atom. The molecule has 5 nitrogen and oxygen atoms in total. The molecular formula is C13H10BrFN2O3. The normalized spacial score (nSPS) is 10.2. The number of rotatable bonds is 4. The summed E-state index contributed by atoms with van der Waals surface area (Å²) in [6, 6.07) is 8.96. The third-order valence-electron chi connectivity index (χ3n) is 2.60. The van der Waals surface area contributed by atoms with Crippen LogP contribution in [0.5, 0.6) is 5.75 Å². The fourth-order valence-corrected chi connectivity index (χ4v) is 2.24. The number of nitro groups is 1. The molecule has 0 aromatic heterocycles. The molecule has 0 aliphatic heterocycles. The lowest BCUT2D eigenvalue weighted by Gasteiger charge is -2.09. The van der Waals surface area contributed by atoms with Crippen molar-refractivity contribution in [3.63, 3.8) is 0 Å². The predicted molar refractivity (Wildman–Crippen MR) is 77.0 cm³/mol. The molecule has 7 heteroatoms. The van der Waals surface area contributed by atoms with Crippen LogP contribution in [-0.2, 0) is 0 Å². The number of halogens is 2.